The zero-order chi connectivity index (χ0) is 19.1. The molecule has 2 aliphatic rings. The quantitative estimate of drug-likeness (QED) is 0.692. The Bertz CT molecular complexity index is 1070. The molecule has 5 rings (SSSR count). The number of carbonyl (C=O) groups is 1. The summed E-state index contributed by atoms with van der Waals surface area (Å²) in [6, 6.07) is 20.4. The van der Waals surface area contributed by atoms with Crippen LogP contribution in [-0.4, -0.2) is 33.9 Å². The minimum Gasteiger partial charge on any atom is -0.448 e. The molecule has 6 heteroatoms. The number of hydrogen-bond donors (Lipinski definition) is 0. The molecular weight excluding hydrogens is 352 g/mol. The lowest BCUT2D eigenvalue weighted by Gasteiger charge is -2.27. The van der Waals surface area contributed by atoms with Crippen molar-refractivity contribution in [2.45, 2.75) is 19.0 Å². The van der Waals surface area contributed by atoms with Crippen molar-refractivity contribution < 1.29 is 9.53 Å². The number of amides is 1. The summed E-state index contributed by atoms with van der Waals surface area (Å²) in [5, 5.41) is 13.2. The smallest absolute Gasteiger partial charge is 0.410 e. The summed E-state index contributed by atoms with van der Waals surface area (Å²) in [7, 11) is 0. The maximum atomic E-state index is 12.7. The standard InChI is InChI=1S/C22H18N4O2/c23-12-15-11-16-13-25(9-10-26(16)24-15)22(27)28-14-21-19-7-3-1-5-17(19)18-6-2-4-8-20(18)21/h1-8,11,21H,9-10,13-14H2. The third kappa shape index (κ3) is 2.64. The Labute approximate surface area is 162 Å². The minimum absolute atomic E-state index is 0.0526. The summed E-state index contributed by atoms with van der Waals surface area (Å²) >= 11 is 0. The second-order valence-corrected chi connectivity index (χ2v) is 7.08. The van der Waals surface area contributed by atoms with Gasteiger partial charge in [-0.25, -0.2) is 4.79 Å². The second kappa shape index (κ2) is 6.54. The first-order chi connectivity index (χ1) is 13.7. The number of benzene rings is 2. The van der Waals surface area contributed by atoms with Crippen LogP contribution >= 0.6 is 0 Å². The topological polar surface area (TPSA) is 71.2 Å². The van der Waals surface area contributed by atoms with Gasteiger partial charge in [-0.15, -0.1) is 0 Å². The van der Waals surface area contributed by atoms with Crippen LogP contribution in [0.1, 0.15) is 28.4 Å². The molecule has 1 amide bonds. The summed E-state index contributed by atoms with van der Waals surface area (Å²) in [4.78, 5) is 14.3. The van der Waals surface area contributed by atoms with Gasteiger partial charge in [-0.2, -0.15) is 10.4 Å². The van der Waals surface area contributed by atoms with Crippen LogP contribution in [0.25, 0.3) is 11.1 Å². The highest BCUT2D eigenvalue weighted by atomic mass is 16.6. The van der Waals surface area contributed by atoms with Gasteiger partial charge in [0, 0.05) is 12.5 Å². The molecule has 0 unspecified atom stereocenters. The van der Waals surface area contributed by atoms with Crippen LogP contribution in [0, 0.1) is 11.3 Å². The molecule has 6 nitrogen and oxygen atoms in total. The average molecular weight is 370 g/mol. The molecule has 0 spiro atoms. The summed E-state index contributed by atoms with van der Waals surface area (Å²) in [5.41, 5.74) is 6.06. The summed E-state index contributed by atoms with van der Waals surface area (Å²) in [6.45, 7) is 1.81. The highest BCUT2D eigenvalue weighted by molar-refractivity contribution is 5.79. The molecule has 2 heterocycles. The van der Waals surface area contributed by atoms with Crippen molar-refractivity contribution in [1.29, 1.82) is 5.26 Å². The molecule has 1 aromatic heterocycles. The van der Waals surface area contributed by atoms with Gasteiger partial charge in [0.15, 0.2) is 5.69 Å². The lowest BCUT2D eigenvalue weighted by atomic mass is 9.98. The van der Waals surface area contributed by atoms with Gasteiger partial charge in [0.2, 0.25) is 0 Å². The molecule has 0 saturated carbocycles. The Morgan fingerprint density at radius 1 is 1.11 bits per heavy atom. The fourth-order valence-corrected chi connectivity index (χ4v) is 4.16. The number of nitriles is 1. The fourth-order valence-electron chi connectivity index (χ4n) is 4.16. The van der Waals surface area contributed by atoms with E-state index in [1.54, 1.807) is 15.6 Å². The van der Waals surface area contributed by atoms with Crippen molar-refractivity contribution in [3.63, 3.8) is 0 Å². The highest BCUT2D eigenvalue weighted by Gasteiger charge is 2.30. The van der Waals surface area contributed by atoms with Crippen molar-refractivity contribution >= 4 is 6.09 Å². The number of rotatable bonds is 2. The Morgan fingerprint density at radius 2 is 1.79 bits per heavy atom. The SMILES string of the molecule is N#Cc1cc2n(n1)CCN(C(=O)OCC1c3ccccc3-c3ccccc31)C2. The molecule has 0 N–H and O–H groups in total. The molecule has 1 aliphatic carbocycles. The third-order valence-electron chi connectivity index (χ3n) is 5.51. The summed E-state index contributed by atoms with van der Waals surface area (Å²) in [5.74, 6) is 0.0526. The molecular formula is C22H18N4O2. The van der Waals surface area contributed by atoms with Gasteiger partial charge in [0.25, 0.3) is 0 Å². The minimum atomic E-state index is -0.326. The molecule has 2 aromatic carbocycles. The van der Waals surface area contributed by atoms with E-state index >= 15 is 0 Å². The van der Waals surface area contributed by atoms with Gasteiger partial charge in [-0.05, 0) is 28.3 Å². The van der Waals surface area contributed by atoms with Crippen molar-refractivity contribution in [1.82, 2.24) is 14.7 Å². The monoisotopic (exact) mass is 370 g/mol. The maximum Gasteiger partial charge on any atom is 0.410 e. The summed E-state index contributed by atoms with van der Waals surface area (Å²) in [6.07, 6.45) is -0.326. The van der Waals surface area contributed by atoms with E-state index in [2.05, 4.69) is 29.4 Å². The van der Waals surface area contributed by atoms with Crippen LogP contribution in [-0.2, 0) is 17.8 Å². The van der Waals surface area contributed by atoms with Crippen molar-refractivity contribution in [3.05, 3.63) is 77.1 Å². The predicted molar refractivity (Wildman–Crippen MR) is 102 cm³/mol. The van der Waals surface area contributed by atoms with Crippen molar-refractivity contribution in [2.24, 2.45) is 0 Å². The lowest BCUT2D eigenvalue weighted by molar-refractivity contribution is 0.0892. The Morgan fingerprint density at radius 3 is 2.46 bits per heavy atom. The molecule has 0 fully saturated rings. The molecule has 0 saturated heterocycles. The number of carbonyl (C=O) groups excluding carboxylic acids is 1. The number of fused-ring (bicyclic) bond motifs is 4. The predicted octanol–water partition coefficient (Wildman–Crippen LogP) is 3.52. The van der Waals surface area contributed by atoms with Crippen molar-refractivity contribution in [2.75, 3.05) is 13.2 Å². The van der Waals surface area contributed by atoms with Crippen LogP contribution in [0.2, 0.25) is 0 Å². The number of hydrogen-bond acceptors (Lipinski definition) is 4. The van der Waals surface area contributed by atoms with E-state index < -0.39 is 0 Å². The highest BCUT2D eigenvalue weighted by Crippen LogP contribution is 2.44. The first-order valence-electron chi connectivity index (χ1n) is 9.31. The van der Waals surface area contributed by atoms with Gasteiger partial charge >= 0.3 is 6.09 Å². The lowest BCUT2D eigenvalue weighted by Crippen LogP contribution is -2.39. The van der Waals surface area contributed by atoms with Crippen LogP contribution in [0.4, 0.5) is 4.79 Å². The van der Waals surface area contributed by atoms with E-state index in [0.29, 0.717) is 31.9 Å². The molecule has 1 aliphatic heterocycles. The third-order valence-corrected chi connectivity index (χ3v) is 5.51. The second-order valence-electron chi connectivity index (χ2n) is 7.08. The fraction of sp³-hybridized carbons (Fsp3) is 0.227. The molecule has 0 atom stereocenters. The number of nitrogens with zero attached hydrogens (tertiary/aromatic N) is 4. The number of ether oxygens (including phenoxy) is 1. The zero-order valence-electron chi connectivity index (χ0n) is 15.2. The molecule has 28 heavy (non-hydrogen) atoms. The van der Waals surface area contributed by atoms with E-state index in [4.69, 9.17) is 10.00 Å². The van der Waals surface area contributed by atoms with Crippen LogP contribution < -0.4 is 0 Å². The summed E-state index contributed by atoms with van der Waals surface area (Å²) < 4.78 is 7.50. The average Bonchev–Trinajstić information content (AvgIpc) is 3.30. The molecule has 3 aromatic rings. The van der Waals surface area contributed by atoms with Crippen LogP contribution in [0.3, 0.4) is 0 Å². The van der Waals surface area contributed by atoms with Gasteiger partial charge in [0.1, 0.15) is 12.7 Å². The molecule has 0 radical (unpaired) electrons. The first-order valence-corrected chi connectivity index (χ1v) is 9.31. The molecule has 138 valence electrons. The number of aromatic nitrogens is 2. The first kappa shape index (κ1) is 16.6. The van der Waals surface area contributed by atoms with Crippen LogP contribution in [0.5, 0.6) is 0 Å². The van der Waals surface area contributed by atoms with E-state index in [1.807, 2.05) is 30.3 Å². The normalized spacial score (nSPS) is 14.8. The van der Waals surface area contributed by atoms with E-state index in [0.717, 1.165) is 5.69 Å². The van der Waals surface area contributed by atoms with Gasteiger partial charge in [-0.1, -0.05) is 48.5 Å². The van der Waals surface area contributed by atoms with E-state index in [-0.39, 0.29) is 12.0 Å². The van der Waals surface area contributed by atoms with Crippen molar-refractivity contribution in [3.8, 4) is 17.2 Å². The van der Waals surface area contributed by atoms with E-state index in [1.165, 1.54) is 22.3 Å². The van der Waals surface area contributed by atoms with Crippen LogP contribution in [0.15, 0.2) is 54.6 Å². The van der Waals surface area contributed by atoms with Gasteiger partial charge in [0.05, 0.1) is 18.8 Å². The zero-order valence-corrected chi connectivity index (χ0v) is 15.2. The largest absolute Gasteiger partial charge is 0.448 e. The van der Waals surface area contributed by atoms with Gasteiger partial charge < -0.3 is 9.64 Å². The Kier molecular flexibility index (Phi) is 3.87. The Balaban J connectivity index is 1.32. The molecule has 0 bridgehead atoms. The van der Waals surface area contributed by atoms with E-state index in [9.17, 15) is 4.79 Å². The maximum absolute atomic E-state index is 12.7. The Hall–Kier alpha value is -3.59. The van der Waals surface area contributed by atoms with Gasteiger partial charge in [-0.3, -0.25) is 4.68 Å².